The van der Waals surface area contributed by atoms with Gasteiger partial charge in [-0.05, 0) is 59.2 Å². The Balaban J connectivity index is 1.38. The molecule has 2 heterocycles. The highest BCUT2D eigenvalue weighted by molar-refractivity contribution is 5.84. The average Bonchev–Trinajstić information content (AvgIpc) is 2.83. The van der Waals surface area contributed by atoms with Gasteiger partial charge in [-0.25, -0.2) is 9.37 Å². The van der Waals surface area contributed by atoms with Crippen LogP contribution in [0.25, 0.3) is 33.2 Å². The normalized spacial score (nSPS) is 10.9. The van der Waals surface area contributed by atoms with Gasteiger partial charge in [-0.1, -0.05) is 48.5 Å². The van der Waals surface area contributed by atoms with E-state index < -0.39 is 0 Å². The van der Waals surface area contributed by atoms with Gasteiger partial charge in [0.15, 0.2) is 0 Å². The third-order valence-corrected chi connectivity index (χ3v) is 5.19. The summed E-state index contributed by atoms with van der Waals surface area (Å²) in [7, 11) is 0. The van der Waals surface area contributed by atoms with Gasteiger partial charge < -0.3 is 4.74 Å². The van der Waals surface area contributed by atoms with Gasteiger partial charge in [0.2, 0.25) is 0 Å². The van der Waals surface area contributed by atoms with Gasteiger partial charge in [-0.2, -0.15) is 0 Å². The van der Waals surface area contributed by atoms with Gasteiger partial charge in [-0.3, -0.25) is 4.98 Å². The molecule has 3 aromatic carbocycles. The lowest BCUT2D eigenvalue weighted by molar-refractivity contribution is 0.302. The molecule has 3 nitrogen and oxygen atoms in total. The van der Waals surface area contributed by atoms with Crippen LogP contribution in [-0.4, -0.2) is 9.97 Å². The smallest absolute Gasteiger partial charge is 0.131 e. The largest absolute Gasteiger partial charge is 0.487 e. The molecule has 0 saturated carbocycles. The molecule has 0 fully saturated rings. The van der Waals surface area contributed by atoms with Crippen LogP contribution in [0.1, 0.15) is 5.69 Å². The average molecular weight is 406 g/mol. The molecule has 0 radical (unpaired) electrons. The molecular formula is C27H19FN2O. The fraction of sp³-hybridized carbons (Fsp3) is 0.0370. The Morgan fingerprint density at radius 2 is 1.52 bits per heavy atom. The van der Waals surface area contributed by atoms with Crippen molar-refractivity contribution >= 4 is 10.9 Å². The number of fused-ring (bicyclic) bond motifs is 1. The second-order valence-corrected chi connectivity index (χ2v) is 7.21. The first-order valence-corrected chi connectivity index (χ1v) is 10.0. The van der Waals surface area contributed by atoms with Crippen LogP contribution in [0.5, 0.6) is 5.75 Å². The first-order chi connectivity index (χ1) is 15.3. The maximum Gasteiger partial charge on any atom is 0.131 e. The molecule has 0 amide bonds. The van der Waals surface area contributed by atoms with E-state index >= 15 is 0 Å². The van der Waals surface area contributed by atoms with Crippen molar-refractivity contribution < 1.29 is 9.13 Å². The summed E-state index contributed by atoms with van der Waals surface area (Å²) in [6.45, 7) is 0.367. The number of benzene rings is 3. The van der Waals surface area contributed by atoms with Crippen LogP contribution in [-0.2, 0) is 6.61 Å². The summed E-state index contributed by atoms with van der Waals surface area (Å²) in [5.74, 6) is 0.448. The first-order valence-electron chi connectivity index (χ1n) is 10.0. The molecule has 5 rings (SSSR count). The minimum absolute atomic E-state index is 0.261. The maximum atomic E-state index is 14.8. The third-order valence-electron chi connectivity index (χ3n) is 5.19. The van der Waals surface area contributed by atoms with E-state index in [2.05, 4.69) is 9.97 Å². The topological polar surface area (TPSA) is 35.0 Å². The number of hydrogen-bond donors (Lipinski definition) is 0. The van der Waals surface area contributed by atoms with Crippen LogP contribution in [0, 0.1) is 5.82 Å². The van der Waals surface area contributed by atoms with E-state index in [1.807, 2.05) is 78.9 Å². The van der Waals surface area contributed by atoms with Crippen LogP contribution in [0.15, 0.2) is 103 Å². The van der Waals surface area contributed by atoms with E-state index in [0.29, 0.717) is 17.9 Å². The molecule has 5 aromatic rings. The standard InChI is InChI=1S/C27H19FN2O/c28-25-6-3-5-24(19-14-16-29-17-15-19)27(25)21-9-12-23(13-10-21)31-18-22-11-8-20-4-1-2-7-26(20)30-22/h1-17H,18H2. The number of hydrogen-bond acceptors (Lipinski definition) is 3. The zero-order valence-electron chi connectivity index (χ0n) is 16.7. The number of halogens is 1. The number of aromatic nitrogens is 2. The SMILES string of the molecule is Fc1cccc(-c2ccncc2)c1-c1ccc(OCc2ccc3ccccc3n2)cc1. The van der Waals surface area contributed by atoms with Crippen LogP contribution in [0.3, 0.4) is 0 Å². The van der Waals surface area contributed by atoms with Crippen molar-refractivity contribution in [2.24, 2.45) is 0 Å². The van der Waals surface area contributed by atoms with Crippen LogP contribution >= 0.6 is 0 Å². The molecule has 0 aliphatic rings. The molecule has 0 spiro atoms. The molecule has 2 aromatic heterocycles. The maximum absolute atomic E-state index is 14.8. The Labute approximate surface area is 179 Å². The summed E-state index contributed by atoms with van der Waals surface area (Å²) in [6.07, 6.45) is 3.42. The molecule has 0 atom stereocenters. The van der Waals surface area contributed by atoms with Crippen molar-refractivity contribution in [1.82, 2.24) is 9.97 Å². The predicted octanol–water partition coefficient (Wildman–Crippen LogP) is 6.68. The monoisotopic (exact) mass is 406 g/mol. The number of nitrogens with zero attached hydrogens (tertiary/aromatic N) is 2. The van der Waals surface area contributed by atoms with E-state index in [4.69, 9.17) is 4.74 Å². The van der Waals surface area contributed by atoms with Gasteiger partial charge in [-0.15, -0.1) is 0 Å². The minimum Gasteiger partial charge on any atom is -0.487 e. The highest BCUT2D eigenvalue weighted by Gasteiger charge is 2.12. The van der Waals surface area contributed by atoms with Crippen LogP contribution in [0.2, 0.25) is 0 Å². The molecule has 0 unspecified atom stereocenters. The summed E-state index contributed by atoms with van der Waals surface area (Å²) in [4.78, 5) is 8.69. The number of ether oxygens (including phenoxy) is 1. The van der Waals surface area contributed by atoms with Gasteiger partial charge in [0.25, 0.3) is 0 Å². The van der Waals surface area contributed by atoms with E-state index in [9.17, 15) is 4.39 Å². The quantitative estimate of drug-likeness (QED) is 0.326. The molecule has 0 bridgehead atoms. The van der Waals surface area contributed by atoms with E-state index in [1.165, 1.54) is 6.07 Å². The number of pyridine rings is 2. The second kappa shape index (κ2) is 8.36. The van der Waals surface area contributed by atoms with Crippen molar-refractivity contribution in [1.29, 1.82) is 0 Å². The first kappa shape index (κ1) is 18.9. The van der Waals surface area contributed by atoms with Gasteiger partial charge >= 0.3 is 0 Å². The second-order valence-electron chi connectivity index (χ2n) is 7.21. The summed E-state index contributed by atoms with van der Waals surface area (Å²) in [5.41, 5.74) is 4.92. The minimum atomic E-state index is -0.261. The number of rotatable bonds is 5. The zero-order valence-corrected chi connectivity index (χ0v) is 16.7. The van der Waals surface area contributed by atoms with Gasteiger partial charge in [0.05, 0.1) is 11.2 Å². The highest BCUT2D eigenvalue weighted by atomic mass is 19.1. The van der Waals surface area contributed by atoms with Crippen LogP contribution in [0.4, 0.5) is 4.39 Å². The van der Waals surface area contributed by atoms with Crippen molar-refractivity contribution in [2.75, 3.05) is 0 Å². The Morgan fingerprint density at radius 3 is 2.35 bits per heavy atom. The molecular weight excluding hydrogens is 387 g/mol. The zero-order chi connectivity index (χ0) is 21.0. The van der Waals surface area contributed by atoms with Crippen molar-refractivity contribution in [2.45, 2.75) is 6.61 Å². The fourth-order valence-corrected chi connectivity index (χ4v) is 3.65. The lowest BCUT2D eigenvalue weighted by Crippen LogP contribution is -1.98. The molecule has 150 valence electrons. The van der Waals surface area contributed by atoms with Crippen LogP contribution < -0.4 is 4.74 Å². The Hall–Kier alpha value is -4.05. The predicted molar refractivity (Wildman–Crippen MR) is 121 cm³/mol. The summed E-state index contributed by atoms with van der Waals surface area (Å²) < 4.78 is 20.7. The van der Waals surface area contributed by atoms with E-state index in [1.54, 1.807) is 18.5 Å². The molecule has 0 saturated heterocycles. The highest BCUT2D eigenvalue weighted by Crippen LogP contribution is 2.34. The van der Waals surface area contributed by atoms with Crippen molar-refractivity contribution in [3.63, 3.8) is 0 Å². The molecule has 0 aliphatic heterocycles. The number of para-hydroxylation sites is 1. The summed E-state index contributed by atoms with van der Waals surface area (Å²) in [5, 5.41) is 1.10. The Bertz CT molecular complexity index is 1330. The van der Waals surface area contributed by atoms with Crippen molar-refractivity contribution in [3.05, 3.63) is 115 Å². The Kier molecular flexibility index (Phi) is 5.11. The third kappa shape index (κ3) is 4.01. The lowest BCUT2D eigenvalue weighted by Gasteiger charge is -2.12. The molecule has 0 aliphatic carbocycles. The Morgan fingerprint density at radius 1 is 0.710 bits per heavy atom. The summed E-state index contributed by atoms with van der Waals surface area (Å²) in [6, 6.07) is 28.4. The van der Waals surface area contributed by atoms with Crippen molar-refractivity contribution in [3.8, 4) is 28.0 Å². The van der Waals surface area contributed by atoms with Gasteiger partial charge in [0.1, 0.15) is 18.2 Å². The molecule has 4 heteroatoms. The lowest BCUT2D eigenvalue weighted by atomic mass is 9.94. The molecule has 0 N–H and O–H groups in total. The molecule has 31 heavy (non-hydrogen) atoms. The fourth-order valence-electron chi connectivity index (χ4n) is 3.65. The van der Waals surface area contributed by atoms with E-state index in [-0.39, 0.29) is 5.82 Å². The van der Waals surface area contributed by atoms with Gasteiger partial charge in [0, 0.05) is 23.3 Å². The summed E-state index contributed by atoms with van der Waals surface area (Å²) >= 11 is 0. The van der Waals surface area contributed by atoms with E-state index in [0.717, 1.165) is 33.3 Å².